The zero-order chi connectivity index (χ0) is 10.9. The molecule has 3 rings (SSSR count). The molecule has 2 aliphatic heterocycles. The minimum absolute atomic E-state index is 0.137. The van der Waals surface area contributed by atoms with E-state index in [0.29, 0.717) is 18.6 Å². The molecular formula is C12H20O3. The van der Waals surface area contributed by atoms with Gasteiger partial charge in [-0.15, -0.1) is 0 Å². The fourth-order valence-electron chi connectivity index (χ4n) is 3.03. The van der Waals surface area contributed by atoms with E-state index >= 15 is 0 Å². The van der Waals surface area contributed by atoms with Gasteiger partial charge in [0, 0.05) is 0 Å². The lowest BCUT2D eigenvalue weighted by Gasteiger charge is -2.49. The SMILES string of the molecule is CCOC(=O)C1(CC)OC2CCC1CC2. The van der Waals surface area contributed by atoms with Gasteiger partial charge in [-0.3, -0.25) is 0 Å². The summed E-state index contributed by atoms with van der Waals surface area (Å²) in [6.07, 6.45) is 5.51. The van der Waals surface area contributed by atoms with Crippen molar-refractivity contribution in [3.8, 4) is 0 Å². The van der Waals surface area contributed by atoms with E-state index in [0.717, 1.165) is 32.1 Å². The zero-order valence-corrected chi connectivity index (χ0v) is 9.62. The van der Waals surface area contributed by atoms with Crippen molar-refractivity contribution < 1.29 is 14.3 Å². The molecule has 3 aliphatic rings. The van der Waals surface area contributed by atoms with Crippen molar-refractivity contribution in [2.75, 3.05) is 6.61 Å². The van der Waals surface area contributed by atoms with Crippen LogP contribution in [0.25, 0.3) is 0 Å². The Morgan fingerprint density at radius 3 is 2.40 bits per heavy atom. The molecule has 3 heteroatoms. The lowest BCUT2D eigenvalue weighted by Crippen LogP contribution is -2.57. The van der Waals surface area contributed by atoms with Crippen molar-refractivity contribution in [3.63, 3.8) is 0 Å². The largest absolute Gasteiger partial charge is 0.464 e. The van der Waals surface area contributed by atoms with Crippen molar-refractivity contribution >= 4 is 5.97 Å². The van der Waals surface area contributed by atoms with E-state index in [4.69, 9.17) is 9.47 Å². The highest BCUT2D eigenvalue weighted by atomic mass is 16.6. The third-order valence-corrected chi connectivity index (χ3v) is 3.86. The van der Waals surface area contributed by atoms with Gasteiger partial charge in [-0.1, -0.05) is 6.92 Å². The average molecular weight is 212 g/mol. The van der Waals surface area contributed by atoms with Crippen LogP contribution in [0.3, 0.4) is 0 Å². The quantitative estimate of drug-likeness (QED) is 0.673. The smallest absolute Gasteiger partial charge is 0.338 e. The van der Waals surface area contributed by atoms with E-state index in [1.54, 1.807) is 0 Å². The molecule has 0 amide bonds. The summed E-state index contributed by atoms with van der Waals surface area (Å²) in [7, 11) is 0. The van der Waals surface area contributed by atoms with Gasteiger partial charge in [0.2, 0.25) is 0 Å². The molecule has 0 aromatic rings. The number of fused-ring (bicyclic) bond motifs is 3. The highest BCUT2D eigenvalue weighted by Gasteiger charge is 2.53. The van der Waals surface area contributed by atoms with Crippen LogP contribution < -0.4 is 0 Å². The number of esters is 1. The fourth-order valence-corrected chi connectivity index (χ4v) is 3.03. The van der Waals surface area contributed by atoms with E-state index in [1.807, 2.05) is 13.8 Å². The summed E-state index contributed by atoms with van der Waals surface area (Å²) in [5.41, 5.74) is -0.614. The summed E-state index contributed by atoms with van der Waals surface area (Å²) < 4.78 is 11.1. The first-order chi connectivity index (χ1) is 7.23. The molecule has 0 aromatic carbocycles. The summed E-state index contributed by atoms with van der Waals surface area (Å²) in [6, 6.07) is 0. The van der Waals surface area contributed by atoms with Gasteiger partial charge < -0.3 is 9.47 Å². The second-order valence-corrected chi connectivity index (χ2v) is 4.55. The van der Waals surface area contributed by atoms with Crippen LogP contribution in [0, 0.1) is 5.92 Å². The molecule has 86 valence electrons. The number of ether oxygens (including phenoxy) is 2. The molecule has 15 heavy (non-hydrogen) atoms. The van der Waals surface area contributed by atoms with Crippen LogP contribution in [-0.4, -0.2) is 24.3 Å². The third-order valence-electron chi connectivity index (χ3n) is 3.86. The van der Waals surface area contributed by atoms with Crippen molar-refractivity contribution in [1.82, 2.24) is 0 Å². The van der Waals surface area contributed by atoms with Gasteiger partial charge in [0.05, 0.1) is 12.7 Å². The number of hydrogen-bond acceptors (Lipinski definition) is 3. The fraction of sp³-hybridized carbons (Fsp3) is 0.917. The number of rotatable bonds is 3. The molecule has 1 saturated carbocycles. The maximum absolute atomic E-state index is 12.0. The molecule has 0 aromatic heterocycles. The minimum Gasteiger partial charge on any atom is -0.464 e. The Hall–Kier alpha value is -0.570. The maximum atomic E-state index is 12.0. The Balaban J connectivity index is 2.17. The Morgan fingerprint density at radius 1 is 1.33 bits per heavy atom. The maximum Gasteiger partial charge on any atom is 0.338 e. The van der Waals surface area contributed by atoms with Gasteiger partial charge in [-0.05, 0) is 44.9 Å². The molecular weight excluding hydrogens is 192 g/mol. The van der Waals surface area contributed by atoms with Gasteiger partial charge in [0.25, 0.3) is 0 Å². The Kier molecular flexibility index (Phi) is 3.01. The average Bonchev–Trinajstić information content (AvgIpc) is 2.30. The lowest BCUT2D eigenvalue weighted by molar-refractivity contribution is -0.221. The monoisotopic (exact) mass is 212 g/mol. The van der Waals surface area contributed by atoms with Crippen LogP contribution in [0.2, 0.25) is 0 Å². The summed E-state index contributed by atoms with van der Waals surface area (Å²) in [5.74, 6) is 0.244. The standard InChI is InChI=1S/C12H20O3/c1-3-12(11(13)14-4-2)9-5-7-10(15-12)8-6-9/h9-10H,3-8H2,1-2H3. The van der Waals surface area contributed by atoms with Crippen LogP contribution >= 0.6 is 0 Å². The van der Waals surface area contributed by atoms with Gasteiger partial charge in [-0.2, -0.15) is 0 Å². The van der Waals surface area contributed by atoms with Gasteiger partial charge >= 0.3 is 5.97 Å². The van der Waals surface area contributed by atoms with E-state index in [9.17, 15) is 4.79 Å². The third kappa shape index (κ3) is 1.67. The van der Waals surface area contributed by atoms with E-state index in [1.165, 1.54) is 0 Å². The minimum atomic E-state index is -0.614. The molecule has 2 bridgehead atoms. The first-order valence-corrected chi connectivity index (χ1v) is 6.08. The number of carbonyl (C=O) groups is 1. The number of carbonyl (C=O) groups excluding carboxylic acids is 1. The Labute approximate surface area is 91.1 Å². The highest BCUT2D eigenvalue weighted by molar-refractivity contribution is 5.80. The molecule has 3 fully saturated rings. The molecule has 3 nitrogen and oxygen atoms in total. The zero-order valence-electron chi connectivity index (χ0n) is 9.62. The van der Waals surface area contributed by atoms with Crippen molar-refractivity contribution in [1.29, 1.82) is 0 Å². The molecule has 1 aliphatic carbocycles. The van der Waals surface area contributed by atoms with Gasteiger partial charge in [-0.25, -0.2) is 4.79 Å². The second-order valence-electron chi connectivity index (χ2n) is 4.55. The molecule has 1 atom stereocenters. The van der Waals surface area contributed by atoms with Gasteiger partial charge in [0.1, 0.15) is 0 Å². The van der Waals surface area contributed by atoms with Crippen molar-refractivity contribution in [2.24, 2.45) is 5.92 Å². The van der Waals surface area contributed by atoms with Crippen LogP contribution in [0.1, 0.15) is 46.0 Å². The van der Waals surface area contributed by atoms with Crippen LogP contribution in [-0.2, 0) is 14.3 Å². The van der Waals surface area contributed by atoms with Crippen molar-refractivity contribution in [3.05, 3.63) is 0 Å². The van der Waals surface area contributed by atoms with E-state index < -0.39 is 5.60 Å². The molecule has 1 unspecified atom stereocenters. The lowest BCUT2D eigenvalue weighted by atomic mass is 9.71. The predicted molar refractivity (Wildman–Crippen MR) is 56.5 cm³/mol. The van der Waals surface area contributed by atoms with Gasteiger partial charge in [0.15, 0.2) is 5.60 Å². The first-order valence-electron chi connectivity index (χ1n) is 6.08. The van der Waals surface area contributed by atoms with Crippen LogP contribution in [0.4, 0.5) is 0 Å². The van der Waals surface area contributed by atoms with Crippen molar-refractivity contribution in [2.45, 2.75) is 57.7 Å². The molecule has 0 N–H and O–H groups in total. The predicted octanol–water partition coefficient (Wildman–Crippen LogP) is 2.29. The summed E-state index contributed by atoms with van der Waals surface area (Å²) >= 11 is 0. The van der Waals surface area contributed by atoms with E-state index in [2.05, 4.69) is 0 Å². The Bertz CT molecular complexity index is 243. The normalized spacial score (nSPS) is 39.1. The van der Waals surface area contributed by atoms with Crippen LogP contribution in [0.15, 0.2) is 0 Å². The summed E-state index contributed by atoms with van der Waals surface area (Å²) in [5, 5.41) is 0. The van der Waals surface area contributed by atoms with Crippen LogP contribution in [0.5, 0.6) is 0 Å². The summed E-state index contributed by atoms with van der Waals surface area (Å²) in [4.78, 5) is 12.0. The Morgan fingerprint density at radius 2 is 2.00 bits per heavy atom. The molecule has 2 saturated heterocycles. The second kappa shape index (κ2) is 4.12. The van der Waals surface area contributed by atoms with E-state index in [-0.39, 0.29) is 5.97 Å². The molecule has 0 spiro atoms. The number of hydrogen-bond donors (Lipinski definition) is 0. The molecule has 2 heterocycles. The first kappa shape index (κ1) is 10.9. The highest BCUT2D eigenvalue weighted by Crippen LogP contribution is 2.46. The summed E-state index contributed by atoms with van der Waals surface area (Å²) in [6.45, 7) is 4.32. The molecule has 0 radical (unpaired) electrons. The topological polar surface area (TPSA) is 35.5 Å².